The molecule has 0 spiro atoms. The molecule has 0 radical (unpaired) electrons. The molecule has 0 fully saturated rings. The van der Waals surface area contributed by atoms with Gasteiger partial charge in [0.25, 0.3) is 0 Å². The highest BCUT2D eigenvalue weighted by Crippen LogP contribution is 2.32. The minimum absolute atomic E-state index is 0.102. The second-order valence-electron chi connectivity index (χ2n) is 3.98. The van der Waals surface area contributed by atoms with Crippen molar-refractivity contribution < 1.29 is 27.1 Å². The van der Waals surface area contributed by atoms with E-state index in [1.807, 2.05) is 0 Å². The van der Waals surface area contributed by atoms with E-state index in [4.69, 9.17) is 9.68 Å². The Bertz CT molecular complexity index is 698. The molecule has 0 saturated heterocycles. The lowest BCUT2D eigenvalue weighted by molar-refractivity contribution is -0.137. The summed E-state index contributed by atoms with van der Waals surface area (Å²) < 4.78 is 47.5. The van der Waals surface area contributed by atoms with Crippen molar-refractivity contribution in [2.45, 2.75) is 6.18 Å². The molecule has 21 heavy (non-hydrogen) atoms. The molecule has 0 aliphatic carbocycles. The molecular weight excluding hydrogens is 287 g/mol. The van der Waals surface area contributed by atoms with Crippen molar-refractivity contribution in [2.75, 3.05) is 6.61 Å². The number of carbonyl (C=O) groups excluding carboxylic acids is 1. The molecule has 108 valence electrons. The SMILES string of the molecule is N#CCOC(=O)c1ccc(-c2cccc(C(F)(F)F)c2)o1. The van der Waals surface area contributed by atoms with E-state index in [0.29, 0.717) is 0 Å². The summed E-state index contributed by atoms with van der Waals surface area (Å²) in [6.07, 6.45) is -4.46. The second kappa shape index (κ2) is 5.71. The van der Waals surface area contributed by atoms with Crippen LogP contribution in [0.1, 0.15) is 16.1 Å². The van der Waals surface area contributed by atoms with Crippen molar-refractivity contribution >= 4 is 5.97 Å². The number of alkyl halides is 3. The summed E-state index contributed by atoms with van der Waals surface area (Å²) in [5.41, 5.74) is -0.630. The van der Waals surface area contributed by atoms with E-state index >= 15 is 0 Å². The standard InChI is InChI=1S/C14H8F3NO3/c15-14(16,17)10-3-1-2-9(8-10)11-4-5-12(21-11)13(19)20-7-6-18/h1-5,8H,7H2. The molecule has 0 N–H and O–H groups in total. The smallest absolute Gasteiger partial charge is 0.416 e. The summed E-state index contributed by atoms with van der Waals surface area (Å²) in [5, 5.41) is 8.29. The third-order valence-electron chi connectivity index (χ3n) is 2.55. The molecule has 0 aliphatic heterocycles. The lowest BCUT2D eigenvalue weighted by Gasteiger charge is -2.07. The van der Waals surface area contributed by atoms with E-state index in [0.717, 1.165) is 12.1 Å². The summed E-state index contributed by atoms with van der Waals surface area (Å²) in [5.74, 6) is -0.933. The van der Waals surface area contributed by atoms with Gasteiger partial charge in [0.1, 0.15) is 11.8 Å². The molecule has 4 nitrogen and oxygen atoms in total. The van der Waals surface area contributed by atoms with Crippen LogP contribution in [0.15, 0.2) is 40.8 Å². The molecule has 7 heteroatoms. The Labute approximate surface area is 117 Å². The van der Waals surface area contributed by atoms with Crippen LogP contribution in [0.5, 0.6) is 0 Å². The summed E-state index contributed by atoms with van der Waals surface area (Å²) in [7, 11) is 0. The summed E-state index contributed by atoms with van der Waals surface area (Å²) >= 11 is 0. The number of hydrogen-bond acceptors (Lipinski definition) is 4. The maximum Gasteiger partial charge on any atom is 0.416 e. The number of benzene rings is 1. The van der Waals surface area contributed by atoms with Crippen molar-refractivity contribution in [2.24, 2.45) is 0 Å². The van der Waals surface area contributed by atoms with Gasteiger partial charge < -0.3 is 9.15 Å². The Hall–Kier alpha value is -2.75. The Morgan fingerprint density at radius 3 is 2.71 bits per heavy atom. The first-order valence-electron chi connectivity index (χ1n) is 5.73. The molecule has 1 heterocycles. The van der Waals surface area contributed by atoms with E-state index in [-0.39, 0.29) is 17.1 Å². The zero-order chi connectivity index (χ0) is 15.5. The van der Waals surface area contributed by atoms with E-state index in [9.17, 15) is 18.0 Å². The number of furan rings is 1. The van der Waals surface area contributed by atoms with Crippen molar-refractivity contribution in [3.8, 4) is 17.4 Å². The number of nitrogens with zero attached hydrogens (tertiary/aromatic N) is 1. The fourth-order valence-corrected chi connectivity index (χ4v) is 1.62. The van der Waals surface area contributed by atoms with Gasteiger partial charge in [-0.1, -0.05) is 12.1 Å². The van der Waals surface area contributed by atoms with Gasteiger partial charge in [0.15, 0.2) is 6.61 Å². The maximum absolute atomic E-state index is 12.6. The summed E-state index contributed by atoms with van der Waals surface area (Å²) in [6.45, 7) is -0.432. The minimum Gasteiger partial charge on any atom is -0.449 e. The summed E-state index contributed by atoms with van der Waals surface area (Å²) in [6, 6.07) is 8.79. The second-order valence-corrected chi connectivity index (χ2v) is 3.98. The Balaban J connectivity index is 2.26. The number of esters is 1. The number of carbonyl (C=O) groups is 1. The number of halogens is 3. The fraction of sp³-hybridized carbons (Fsp3) is 0.143. The quantitative estimate of drug-likeness (QED) is 0.811. The van der Waals surface area contributed by atoms with Gasteiger partial charge >= 0.3 is 12.1 Å². The highest BCUT2D eigenvalue weighted by molar-refractivity contribution is 5.87. The van der Waals surface area contributed by atoms with Gasteiger partial charge in [0, 0.05) is 5.56 Å². The van der Waals surface area contributed by atoms with Crippen molar-refractivity contribution in [3.63, 3.8) is 0 Å². The number of hydrogen-bond donors (Lipinski definition) is 0. The van der Waals surface area contributed by atoms with Crippen LogP contribution in [-0.4, -0.2) is 12.6 Å². The van der Waals surface area contributed by atoms with Crippen LogP contribution in [0.3, 0.4) is 0 Å². The first-order chi connectivity index (χ1) is 9.91. The molecule has 0 saturated carbocycles. The van der Waals surface area contributed by atoms with Crippen molar-refractivity contribution in [1.82, 2.24) is 0 Å². The molecule has 2 aromatic rings. The van der Waals surface area contributed by atoms with Crippen LogP contribution < -0.4 is 0 Å². The highest BCUT2D eigenvalue weighted by Gasteiger charge is 2.30. The molecule has 0 aliphatic rings. The average molecular weight is 295 g/mol. The monoisotopic (exact) mass is 295 g/mol. The topological polar surface area (TPSA) is 63.2 Å². The molecular formula is C14H8F3NO3. The first-order valence-corrected chi connectivity index (χ1v) is 5.73. The molecule has 0 amide bonds. The van der Waals surface area contributed by atoms with Gasteiger partial charge in [-0.05, 0) is 24.3 Å². The number of nitriles is 1. The van der Waals surface area contributed by atoms with E-state index in [1.54, 1.807) is 6.07 Å². The van der Waals surface area contributed by atoms with Gasteiger partial charge in [-0.15, -0.1) is 0 Å². The maximum atomic E-state index is 12.6. The van der Waals surface area contributed by atoms with E-state index < -0.39 is 24.3 Å². The highest BCUT2D eigenvalue weighted by atomic mass is 19.4. The molecule has 0 bridgehead atoms. The van der Waals surface area contributed by atoms with Crippen LogP contribution >= 0.6 is 0 Å². The van der Waals surface area contributed by atoms with Gasteiger partial charge in [-0.3, -0.25) is 0 Å². The van der Waals surface area contributed by atoms with Gasteiger partial charge in [0.2, 0.25) is 5.76 Å². The normalized spacial score (nSPS) is 11.0. The van der Waals surface area contributed by atoms with E-state index in [2.05, 4.69) is 4.74 Å². The number of ether oxygens (including phenoxy) is 1. The Morgan fingerprint density at radius 1 is 1.29 bits per heavy atom. The lowest BCUT2D eigenvalue weighted by atomic mass is 10.1. The van der Waals surface area contributed by atoms with Gasteiger partial charge in [-0.25, -0.2) is 4.79 Å². The predicted octanol–water partition coefficient (Wildman–Crippen LogP) is 3.65. The third-order valence-corrected chi connectivity index (χ3v) is 2.55. The van der Waals surface area contributed by atoms with Crippen LogP contribution in [0, 0.1) is 11.3 Å². The Kier molecular flexibility index (Phi) is 3.98. The molecule has 0 atom stereocenters. The van der Waals surface area contributed by atoms with Crippen LogP contribution in [0.4, 0.5) is 13.2 Å². The van der Waals surface area contributed by atoms with Crippen LogP contribution in [-0.2, 0) is 10.9 Å². The van der Waals surface area contributed by atoms with Gasteiger partial charge in [-0.2, -0.15) is 18.4 Å². The lowest BCUT2D eigenvalue weighted by Crippen LogP contribution is -2.04. The van der Waals surface area contributed by atoms with Crippen LogP contribution in [0.25, 0.3) is 11.3 Å². The zero-order valence-corrected chi connectivity index (χ0v) is 10.5. The third kappa shape index (κ3) is 3.42. The van der Waals surface area contributed by atoms with E-state index in [1.165, 1.54) is 24.3 Å². The molecule has 1 aromatic heterocycles. The van der Waals surface area contributed by atoms with Gasteiger partial charge in [0.05, 0.1) is 5.56 Å². The van der Waals surface area contributed by atoms with Crippen LogP contribution in [0.2, 0.25) is 0 Å². The predicted molar refractivity (Wildman–Crippen MR) is 65.0 cm³/mol. The molecule has 2 rings (SSSR count). The zero-order valence-electron chi connectivity index (χ0n) is 10.5. The van der Waals surface area contributed by atoms with Crippen molar-refractivity contribution in [1.29, 1.82) is 5.26 Å². The van der Waals surface area contributed by atoms with Crippen molar-refractivity contribution in [3.05, 3.63) is 47.7 Å². The largest absolute Gasteiger partial charge is 0.449 e. The average Bonchev–Trinajstić information content (AvgIpc) is 2.94. The number of rotatable bonds is 3. The molecule has 0 unspecified atom stereocenters. The fourth-order valence-electron chi connectivity index (χ4n) is 1.62. The summed E-state index contributed by atoms with van der Waals surface area (Å²) in [4.78, 5) is 11.4. The Morgan fingerprint density at radius 2 is 2.05 bits per heavy atom. The first kappa shape index (κ1) is 14.7. The molecule has 1 aromatic carbocycles. The minimum atomic E-state index is -4.46.